The summed E-state index contributed by atoms with van der Waals surface area (Å²) in [7, 11) is 4.71. The molecule has 11 heteroatoms. The molecule has 35 heavy (non-hydrogen) atoms. The Hall–Kier alpha value is -4.04. The van der Waals surface area contributed by atoms with E-state index in [2.05, 4.69) is 32.3 Å². The van der Waals surface area contributed by atoms with Gasteiger partial charge >= 0.3 is 0 Å². The number of aryl methyl sites for hydroxylation is 1. The second kappa shape index (κ2) is 10.1. The minimum absolute atomic E-state index is 0.105. The Labute approximate surface area is 206 Å². The largest absolute Gasteiger partial charge is 0.494 e. The fourth-order valence-corrected chi connectivity index (χ4v) is 3.79. The lowest BCUT2D eigenvalue weighted by Crippen LogP contribution is -2.32. The molecule has 0 spiro atoms. The first-order valence-electron chi connectivity index (χ1n) is 10.9. The van der Waals surface area contributed by atoms with Gasteiger partial charge in [-0.1, -0.05) is 17.3 Å². The van der Waals surface area contributed by atoms with Gasteiger partial charge in [-0.15, -0.1) is 10.2 Å². The van der Waals surface area contributed by atoms with Gasteiger partial charge in [0, 0.05) is 49.1 Å². The molecule has 180 valence electrons. The summed E-state index contributed by atoms with van der Waals surface area (Å²) in [6.45, 7) is 1.63. The molecule has 0 unspecified atom stereocenters. The molecule has 1 fully saturated rings. The van der Waals surface area contributed by atoms with Gasteiger partial charge < -0.3 is 14.2 Å². The average molecular weight is 493 g/mol. The van der Waals surface area contributed by atoms with Crippen molar-refractivity contribution < 1.29 is 14.3 Å². The maximum absolute atomic E-state index is 13.3. The van der Waals surface area contributed by atoms with Crippen molar-refractivity contribution in [1.29, 1.82) is 0 Å². The van der Waals surface area contributed by atoms with E-state index in [9.17, 15) is 14.4 Å². The van der Waals surface area contributed by atoms with Crippen LogP contribution in [-0.4, -0.2) is 57.7 Å². The number of methoxy groups -OCH3 is 1. The van der Waals surface area contributed by atoms with Crippen molar-refractivity contribution in [2.45, 2.75) is 26.3 Å². The summed E-state index contributed by atoms with van der Waals surface area (Å²) in [6.07, 6.45) is 5.23. The van der Waals surface area contributed by atoms with Crippen LogP contribution in [-0.2, 0) is 11.3 Å². The van der Waals surface area contributed by atoms with Gasteiger partial charge in [0.15, 0.2) is 5.01 Å². The Bertz CT molecular complexity index is 1410. The van der Waals surface area contributed by atoms with E-state index >= 15 is 0 Å². The summed E-state index contributed by atoms with van der Waals surface area (Å²) in [4.78, 5) is 44.0. The predicted molar refractivity (Wildman–Crippen MR) is 131 cm³/mol. The first kappa shape index (κ1) is 24.1. The monoisotopic (exact) mass is 492 g/mol. The molecule has 2 amide bonds. The normalized spacial score (nSPS) is 12.5. The van der Waals surface area contributed by atoms with Gasteiger partial charge in [0.2, 0.25) is 11.0 Å². The molecule has 0 aromatic carbocycles. The van der Waals surface area contributed by atoms with E-state index in [0.717, 1.165) is 24.2 Å². The van der Waals surface area contributed by atoms with Gasteiger partial charge in [0.05, 0.1) is 18.9 Å². The summed E-state index contributed by atoms with van der Waals surface area (Å²) in [5.41, 5.74) is 1.27. The molecule has 10 nitrogen and oxygen atoms in total. The van der Waals surface area contributed by atoms with Crippen molar-refractivity contribution in [3.8, 4) is 28.7 Å². The molecule has 0 radical (unpaired) electrons. The van der Waals surface area contributed by atoms with Gasteiger partial charge in [-0.05, 0) is 31.8 Å². The Morgan fingerprint density at radius 1 is 1.26 bits per heavy atom. The van der Waals surface area contributed by atoms with Crippen LogP contribution in [0.2, 0.25) is 0 Å². The highest BCUT2D eigenvalue weighted by molar-refractivity contribution is 7.15. The van der Waals surface area contributed by atoms with Crippen LogP contribution in [0.15, 0.2) is 29.3 Å². The van der Waals surface area contributed by atoms with Crippen molar-refractivity contribution in [3.63, 3.8) is 0 Å². The minimum atomic E-state index is -0.544. The molecule has 0 bridgehead atoms. The molecule has 0 saturated heterocycles. The number of likely N-dealkylation sites (N-methyl/N-ethyl adjacent to an activating group) is 1. The van der Waals surface area contributed by atoms with Crippen molar-refractivity contribution in [3.05, 3.63) is 51.1 Å². The zero-order valence-corrected chi connectivity index (χ0v) is 20.6. The molecule has 3 aromatic heterocycles. The third kappa shape index (κ3) is 5.73. The topological polar surface area (TPSA) is 119 Å². The summed E-state index contributed by atoms with van der Waals surface area (Å²) in [6, 6.07) is 2.96. The standard InChI is InChI=1S/C24H24N6O4S/c1-14-9-16(19(34-4)11-25-14)18-12-30(13-22(32)29(2)3)21(31)10-17(18)23(33)26-24-28-27-20(35-24)8-7-15-5-6-15/h9-12,15H,5-6,13H2,1-4H3,(H,26,28,33). The van der Waals surface area contributed by atoms with E-state index in [1.807, 2.05) is 0 Å². The van der Waals surface area contributed by atoms with Crippen LogP contribution >= 0.6 is 11.3 Å². The van der Waals surface area contributed by atoms with Crippen LogP contribution < -0.4 is 15.6 Å². The molecule has 1 N–H and O–H groups in total. The minimum Gasteiger partial charge on any atom is -0.494 e. The fourth-order valence-electron chi connectivity index (χ4n) is 3.19. The Balaban J connectivity index is 1.74. The number of anilines is 1. The maximum Gasteiger partial charge on any atom is 0.258 e. The Kier molecular flexibility index (Phi) is 6.93. The summed E-state index contributed by atoms with van der Waals surface area (Å²) in [5, 5.41) is 11.5. The van der Waals surface area contributed by atoms with Crippen LogP contribution in [0.3, 0.4) is 0 Å². The number of nitrogens with zero attached hydrogens (tertiary/aromatic N) is 5. The van der Waals surface area contributed by atoms with Crippen molar-refractivity contribution in [1.82, 2.24) is 24.6 Å². The molecule has 0 aliphatic heterocycles. The summed E-state index contributed by atoms with van der Waals surface area (Å²) in [5.74, 6) is 6.11. The van der Waals surface area contributed by atoms with Crippen molar-refractivity contribution in [2.24, 2.45) is 5.92 Å². The molecule has 1 saturated carbocycles. The molecule has 1 aliphatic rings. The highest BCUT2D eigenvalue weighted by Crippen LogP contribution is 2.32. The molecular weight excluding hydrogens is 468 g/mol. The number of hydrogen-bond acceptors (Lipinski definition) is 8. The van der Waals surface area contributed by atoms with Gasteiger partial charge in [-0.2, -0.15) is 0 Å². The van der Waals surface area contributed by atoms with E-state index in [1.54, 1.807) is 33.3 Å². The summed E-state index contributed by atoms with van der Waals surface area (Å²) >= 11 is 1.16. The van der Waals surface area contributed by atoms with Crippen molar-refractivity contribution in [2.75, 3.05) is 26.5 Å². The number of rotatable bonds is 6. The van der Waals surface area contributed by atoms with E-state index in [1.165, 1.54) is 28.8 Å². The van der Waals surface area contributed by atoms with Gasteiger partial charge in [0.25, 0.3) is 11.5 Å². The van der Waals surface area contributed by atoms with Gasteiger partial charge in [-0.3, -0.25) is 24.7 Å². The number of nitrogens with one attached hydrogen (secondary N) is 1. The Morgan fingerprint density at radius 2 is 2.03 bits per heavy atom. The number of ether oxygens (including phenoxy) is 1. The zero-order valence-electron chi connectivity index (χ0n) is 19.8. The molecule has 4 rings (SSSR count). The lowest BCUT2D eigenvalue weighted by atomic mass is 10.0. The maximum atomic E-state index is 13.3. The number of carbonyl (C=O) groups excluding carboxylic acids is 2. The van der Waals surface area contributed by atoms with E-state index in [-0.39, 0.29) is 23.1 Å². The smallest absolute Gasteiger partial charge is 0.258 e. The van der Waals surface area contributed by atoms with Crippen molar-refractivity contribution >= 4 is 28.3 Å². The molecule has 3 aromatic rings. The van der Waals surface area contributed by atoms with E-state index in [4.69, 9.17) is 4.74 Å². The fraction of sp³-hybridized carbons (Fsp3) is 0.333. The van der Waals surface area contributed by atoms with Crippen LogP contribution in [0, 0.1) is 24.7 Å². The third-order valence-electron chi connectivity index (χ3n) is 5.30. The van der Waals surface area contributed by atoms with Crippen LogP contribution in [0.1, 0.15) is 33.9 Å². The Morgan fingerprint density at radius 3 is 2.71 bits per heavy atom. The highest BCUT2D eigenvalue weighted by Gasteiger charge is 2.22. The number of aromatic nitrogens is 4. The van der Waals surface area contributed by atoms with Gasteiger partial charge in [-0.25, -0.2) is 0 Å². The average Bonchev–Trinajstić information content (AvgIpc) is 3.56. The molecule has 3 heterocycles. The van der Waals surface area contributed by atoms with Crippen LogP contribution in [0.25, 0.3) is 11.1 Å². The SMILES string of the molecule is COc1cnc(C)cc1-c1cn(CC(=O)N(C)C)c(=O)cc1C(=O)Nc1nnc(C#CC2CC2)s1. The predicted octanol–water partition coefficient (Wildman–Crippen LogP) is 2.18. The lowest BCUT2D eigenvalue weighted by molar-refractivity contribution is -0.129. The van der Waals surface area contributed by atoms with E-state index in [0.29, 0.717) is 33.5 Å². The zero-order chi connectivity index (χ0) is 25.1. The van der Waals surface area contributed by atoms with Crippen LogP contribution in [0.5, 0.6) is 5.75 Å². The van der Waals surface area contributed by atoms with E-state index < -0.39 is 11.5 Å². The number of amides is 2. The third-order valence-corrected chi connectivity index (χ3v) is 6.05. The summed E-state index contributed by atoms with van der Waals surface area (Å²) < 4.78 is 6.72. The highest BCUT2D eigenvalue weighted by atomic mass is 32.1. The number of pyridine rings is 2. The quantitative estimate of drug-likeness (QED) is 0.524. The lowest BCUT2D eigenvalue weighted by Gasteiger charge is -2.16. The first-order valence-corrected chi connectivity index (χ1v) is 11.7. The molecular formula is C24H24N6O4S. The first-order chi connectivity index (χ1) is 16.7. The number of hydrogen-bond donors (Lipinski definition) is 1. The second-order valence-electron chi connectivity index (χ2n) is 8.29. The second-order valence-corrected chi connectivity index (χ2v) is 9.27. The number of carbonyl (C=O) groups is 2. The molecule has 1 aliphatic carbocycles. The van der Waals surface area contributed by atoms with Crippen LogP contribution in [0.4, 0.5) is 5.13 Å². The molecule has 0 atom stereocenters. The van der Waals surface area contributed by atoms with Gasteiger partial charge in [0.1, 0.15) is 12.3 Å².